The number of hydrogen-bond acceptors (Lipinski definition) is 3. The molecule has 0 radical (unpaired) electrons. The number of likely N-dealkylation sites (N-methyl/N-ethyl adjacent to an activating group) is 2. The number of hydrogen-bond donors (Lipinski definition) is 1. The molecule has 1 unspecified atom stereocenters. The van der Waals surface area contributed by atoms with Gasteiger partial charge in [-0.1, -0.05) is 30.3 Å². The first-order valence-corrected chi connectivity index (χ1v) is 7.56. The van der Waals surface area contributed by atoms with Gasteiger partial charge in [0.2, 0.25) is 5.91 Å². The molecular formula is C17H28N2O2. The van der Waals surface area contributed by atoms with E-state index in [4.69, 9.17) is 0 Å². The molecule has 4 nitrogen and oxygen atoms in total. The molecule has 0 bridgehead atoms. The standard InChI is InChI=1S/C17H28N2O2/c1-6-19(7-2)16(20)15(14-11-9-8-10-12-14)18(5)13-17(3,4)21/h8-12,15,21H,6-7,13H2,1-5H3. The number of aliphatic hydroxyl groups is 1. The minimum Gasteiger partial charge on any atom is -0.389 e. The number of carbonyl (C=O) groups is 1. The van der Waals surface area contributed by atoms with E-state index < -0.39 is 5.60 Å². The van der Waals surface area contributed by atoms with Crippen molar-refractivity contribution in [2.45, 2.75) is 39.3 Å². The average molecular weight is 292 g/mol. The Morgan fingerprint density at radius 2 is 1.71 bits per heavy atom. The zero-order chi connectivity index (χ0) is 16.0. The van der Waals surface area contributed by atoms with Gasteiger partial charge in [0.05, 0.1) is 5.60 Å². The molecule has 21 heavy (non-hydrogen) atoms. The third kappa shape index (κ3) is 5.14. The normalized spacial score (nSPS) is 13.3. The Labute approximate surface area is 128 Å². The smallest absolute Gasteiger partial charge is 0.244 e. The van der Waals surface area contributed by atoms with Crippen molar-refractivity contribution in [1.29, 1.82) is 0 Å². The Kier molecular flexibility index (Phi) is 6.37. The number of amides is 1. The third-order valence-corrected chi connectivity index (χ3v) is 3.50. The Morgan fingerprint density at radius 1 is 1.19 bits per heavy atom. The quantitative estimate of drug-likeness (QED) is 0.838. The molecule has 0 saturated carbocycles. The second-order valence-corrected chi connectivity index (χ2v) is 6.05. The zero-order valence-corrected chi connectivity index (χ0v) is 13.8. The maximum atomic E-state index is 12.8. The van der Waals surface area contributed by atoms with Gasteiger partial charge in [-0.3, -0.25) is 9.69 Å². The van der Waals surface area contributed by atoms with Crippen LogP contribution < -0.4 is 0 Å². The molecule has 1 N–H and O–H groups in total. The van der Waals surface area contributed by atoms with Crippen molar-refractivity contribution in [1.82, 2.24) is 9.80 Å². The van der Waals surface area contributed by atoms with Crippen LogP contribution in [-0.2, 0) is 4.79 Å². The van der Waals surface area contributed by atoms with E-state index in [1.54, 1.807) is 13.8 Å². The number of carbonyl (C=O) groups excluding carboxylic acids is 1. The first-order valence-electron chi connectivity index (χ1n) is 7.56. The SMILES string of the molecule is CCN(CC)C(=O)C(c1ccccc1)N(C)CC(C)(C)O. The molecule has 1 aromatic carbocycles. The van der Waals surface area contributed by atoms with Crippen LogP contribution in [-0.4, -0.2) is 53.1 Å². The predicted octanol–water partition coefficient (Wildman–Crippen LogP) is 2.30. The van der Waals surface area contributed by atoms with E-state index in [2.05, 4.69) is 0 Å². The van der Waals surface area contributed by atoms with Crippen LogP contribution in [0.4, 0.5) is 0 Å². The minimum atomic E-state index is -0.842. The predicted molar refractivity (Wildman–Crippen MR) is 86.0 cm³/mol. The number of benzene rings is 1. The van der Waals surface area contributed by atoms with Gasteiger partial charge < -0.3 is 10.0 Å². The highest BCUT2D eigenvalue weighted by Gasteiger charge is 2.30. The molecule has 0 spiro atoms. The summed E-state index contributed by atoms with van der Waals surface area (Å²) in [5, 5.41) is 10.1. The molecule has 0 heterocycles. The fraction of sp³-hybridized carbons (Fsp3) is 0.588. The summed E-state index contributed by atoms with van der Waals surface area (Å²) in [5.74, 6) is 0.0814. The highest BCUT2D eigenvalue weighted by molar-refractivity contribution is 5.83. The molecule has 4 heteroatoms. The zero-order valence-electron chi connectivity index (χ0n) is 13.8. The second-order valence-electron chi connectivity index (χ2n) is 6.05. The summed E-state index contributed by atoms with van der Waals surface area (Å²) < 4.78 is 0. The van der Waals surface area contributed by atoms with Crippen molar-refractivity contribution in [3.05, 3.63) is 35.9 Å². The molecule has 1 amide bonds. The Hall–Kier alpha value is -1.39. The highest BCUT2D eigenvalue weighted by Crippen LogP contribution is 2.23. The summed E-state index contributed by atoms with van der Waals surface area (Å²) in [6.45, 7) is 9.30. The molecule has 0 fully saturated rings. The van der Waals surface area contributed by atoms with Crippen LogP contribution in [0.25, 0.3) is 0 Å². The lowest BCUT2D eigenvalue weighted by Crippen LogP contribution is -2.45. The Bertz CT molecular complexity index is 436. The Balaban J connectivity index is 3.09. The van der Waals surface area contributed by atoms with Crippen molar-refractivity contribution >= 4 is 5.91 Å². The van der Waals surface area contributed by atoms with Crippen molar-refractivity contribution in [2.24, 2.45) is 0 Å². The molecule has 0 aliphatic heterocycles. The summed E-state index contributed by atoms with van der Waals surface area (Å²) in [6, 6.07) is 9.39. The van der Waals surface area contributed by atoms with Gasteiger partial charge in [-0.05, 0) is 40.3 Å². The van der Waals surface area contributed by atoms with Gasteiger partial charge in [0.15, 0.2) is 0 Å². The molecule has 0 saturated heterocycles. The molecule has 0 aromatic heterocycles. The first kappa shape index (κ1) is 17.7. The van der Waals surface area contributed by atoms with Crippen LogP contribution in [0.5, 0.6) is 0 Å². The van der Waals surface area contributed by atoms with Crippen LogP contribution in [0, 0.1) is 0 Å². The molecule has 1 rings (SSSR count). The molecule has 1 aromatic rings. The van der Waals surface area contributed by atoms with Gasteiger partial charge in [-0.15, -0.1) is 0 Å². The lowest BCUT2D eigenvalue weighted by Gasteiger charge is -2.34. The molecule has 0 aliphatic rings. The van der Waals surface area contributed by atoms with Crippen LogP contribution in [0.1, 0.15) is 39.3 Å². The summed E-state index contributed by atoms with van der Waals surface area (Å²) in [4.78, 5) is 16.6. The summed E-state index contributed by atoms with van der Waals surface area (Å²) >= 11 is 0. The fourth-order valence-electron chi connectivity index (χ4n) is 2.63. The minimum absolute atomic E-state index is 0.0814. The molecular weight excluding hydrogens is 264 g/mol. The van der Waals surface area contributed by atoms with E-state index >= 15 is 0 Å². The van der Waals surface area contributed by atoms with Crippen LogP contribution in [0.15, 0.2) is 30.3 Å². The van der Waals surface area contributed by atoms with E-state index in [1.165, 1.54) is 0 Å². The van der Waals surface area contributed by atoms with Crippen molar-refractivity contribution in [3.8, 4) is 0 Å². The van der Waals surface area contributed by atoms with Gasteiger partial charge in [-0.2, -0.15) is 0 Å². The average Bonchev–Trinajstić information content (AvgIpc) is 2.39. The molecule has 1 atom stereocenters. The summed E-state index contributed by atoms with van der Waals surface area (Å²) in [5.41, 5.74) is 0.117. The third-order valence-electron chi connectivity index (χ3n) is 3.50. The van der Waals surface area contributed by atoms with E-state index in [1.807, 2.05) is 61.0 Å². The monoisotopic (exact) mass is 292 g/mol. The molecule has 0 aliphatic carbocycles. The maximum absolute atomic E-state index is 12.8. The maximum Gasteiger partial charge on any atom is 0.244 e. The Morgan fingerprint density at radius 3 is 2.14 bits per heavy atom. The molecule has 118 valence electrons. The van der Waals surface area contributed by atoms with E-state index in [-0.39, 0.29) is 11.9 Å². The highest BCUT2D eigenvalue weighted by atomic mass is 16.3. The second kappa shape index (κ2) is 7.57. The first-order chi connectivity index (χ1) is 9.80. The lowest BCUT2D eigenvalue weighted by molar-refractivity contribution is -0.137. The summed E-state index contributed by atoms with van der Waals surface area (Å²) in [6.07, 6.45) is 0. The number of nitrogens with zero attached hydrogens (tertiary/aromatic N) is 2. The van der Waals surface area contributed by atoms with Gasteiger partial charge in [-0.25, -0.2) is 0 Å². The van der Waals surface area contributed by atoms with Gasteiger partial charge in [0.25, 0.3) is 0 Å². The van der Waals surface area contributed by atoms with Crippen molar-refractivity contribution < 1.29 is 9.90 Å². The van der Waals surface area contributed by atoms with Gasteiger partial charge >= 0.3 is 0 Å². The van der Waals surface area contributed by atoms with Crippen LogP contribution >= 0.6 is 0 Å². The van der Waals surface area contributed by atoms with Gasteiger partial charge in [0.1, 0.15) is 6.04 Å². The number of rotatable bonds is 7. The van der Waals surface area contributed by atoms with E-state index in [0.29, 0.717) is 19.6 Å². The van der Waals surface area contributed by atoms with E-state index in [0.717, 1.165) is 5.56 Å². The van der Waals surface area contributed by atoms with Crippen LogP contribution in [0.3, 0.4) is 0 Å². The van der Waals surface area contributed by atoms with Crippen molar-refractivity contribution in [2.75, 3.05) is 26.7 Å². The summed E-state index contributed by atoms with van der Waals surface area (Å²) in [7, 11) is 1.89. The topological polar surface area (TPSA) is 43.8 Å². The van der Waals surface area contributed by atoms with E-state index in [9.17, 15) is 9.90 Å². The van der Waals surface area contributed by atoms with Crippen LogP contribution in [0.2, 0.25) is 0 Å². The van der Waals surface area contributed by atoms with Gasteiger partial charge in [0, 0.05) is 19.6 Å². The van der Waals surface area contributed by atoms with Crippen molar-refractivity contribution in [3.63, 3.8) is 0 Å². The lowest BCUT2D eigenvalue weighted by atomic mass is 10.0. The largest absolute Gasteiger partial charge is 0.389 e. The fourth-order valence-corrected chi connectivity index (χ4v) is 2.63.